The average molecular weight is 261 g/mol. The van der Waals surface area contributed by atoms with Crippen LogP contribution in [-0.2, 0) is 17.7 Å². The molecular weight excluding hydrogens is 238 g/mol. The van der Waals surface area contributed by atoms with Crippen molar-refractivity contribution in [1.29, 1.82) is 0 Å². The lowest BCUT2D eigenvalue weighted by Gasteiger charge is -2.28. The van der Waals surface area contributed by atoms with Crippen molar-refractivity contribution in [2.75, 3.05) is 19.8 Å². The molecule has 1 atom stereocenters. The van der Waals surface area contributed by atoms with Crippen molar-refractivity contribution in [1.82, 2.24) is 5.32 Å². The van der Waals surface area contributed by atoms with Gasteiger partial charge in [-0.05, 0) is 42.9 Å². The highest BCUT2D eigenvalue weighted by atomic mass is 16.5. The molecule has 0 saturated carbocycles. The van der Waals surface area contributed by atoms with Crippen LogP contribution in [0.4, 0.5) is 0 Å². The van der Waals surface area contributed by atoms with Crippen LogP contribution in [0.15, 0.2) is 18.2 Å². The normalized spacial score (nSPS) is 20.9. The second-order valence-corrected chi connectivity index (χ2v) is 5.66. The van der Waals surface area contributed by atoms with Crippen LogP contribution in [0.2, 0.25) is 0 Å². The van der Waals surface area contributed by atoms with Crippen LogP contribution >= 0.6 is 0 Å². The van der Waals surface area contributed by atoms with Gasteiger partial charge in [0.15, 0.2) is 0 Å². The van der Waals surface area contributed by atoms with Gasteiger partial charge in [-0.1, -0.05) is 12.1 Å². The molecule has 1 N–H and O–H groups in total. The lowest BCUT2D eigenvalue weighted by molar-refractivity contribution is 0.0558. The molecule has 1 fully saturated rings. The van der Waals surface area contributed by atoms with E-state index in [9.17, 15) is 0 Å². The van der Waals surface area contributed by atoms with Gasteiger partial charge in [0, 0.05) is 32.2 Å². The Balaban J connectivity index is 1.53. The summed E-state index contributed by atoms with van der Waals surface area (Å²) in [5.74, 6) is 1.83. The smallest absolute Gasteiger partial charge is 0.122 e. The van der Waals surface area contributed by atoms with Gasteiger partial charge in [0.2, 0.25) is 0 Å². The second-order valence-electron chi connectivity index (χ2n) is 5.66. The molecule has 1 unspecified atom stereocenters. The van der Waals surface area contributed by atoms with Crippen LogP contribution in [0.1, 0.15) is 30.9 Å². The first-order valence-corrected chi connectivity index (χ1v) is 7.38. The van der Waals surface area contributed by atoms with Gasteiger partial charge in [0.25, 0.3) is 0 Å². The molecule has 1 saturated heterocycles. The van der Waals surface area contributed by atoms with Crippen LogP contribution in [0.25, 0.3) is 0 Å². The maximum atomic E-state index is 5.54. The zero-order chi connectivity index (χ0) is 13.1. The standard InChI is InChI=1S/C16H23NO2/c1-12(14-4-7-18-8-5-14)17-11-13-2-3-16-15(10-13)6-9-19-16/h2-3,10,12,14,17H,4-9,11H2,1H3. The Morgan fingerprint density at radius 3 is 2.95 bits per heavy atom. The van der Waals surface area contributed by atoms with Crippen molar-refractivity contribution in [2.24, 2.45) is 5.92 Å². The Morgan fingerprint density at radius 2 is 2.11 bits per heavy atom. The van der Waals surface area contributed by atoms with Gasteiger partial charge in [-0.15, -0.1) is 0 Å². The van der Waals surface area contributed by atoms with Crippen LogP contribution in [0.3, 0.4) is 0 Å². The molecular formula is C16H23NO2. The Kier molecular flexibility index (Phi) is 4.04. The molecule has 0 aromatic heterocycles. The maximum Gasteiger partial charge on any atom is 0.122 e. The summed E-state index contributed by atoms with van der Waals surface area (Å²) >= 11 is 0. The first-order chi connectivity index (χ1) is 9.33. The summed E-state index contributed by atoms with van der Waals surface area (Å²) in [5, 5.41) is 3.66. The van der Waals surface area contributed by atoms with E-state index in [0.29, 0.717) is 6.04 Å². The molecule has 0 aliphatic carbocycles. The van der Waals surface area contributed by atoms with E-state index in [0.717, 1.165) is 44.5 Å². The zero-order valence-electron chi connectivity index (χ0n) is 11.7. The summed E-state index contributed by atoms with van der Waals surface area (Å²) in [6.45, 7) is 5.93. The second kappa shape index (κ2) is 5.93. The van der Waals surface area contributed by atoms with Gasteiger partial charge in [-0.2, -0.15) is 0 Å². The highest BCUT2D eigenvalue weighted by molar-refractivity contribution is 5.39. The summed E-state index contributed by atoms with van der Waals surface area (Å²) in [6, 6.07) is 7.13. The van der Waals surface area contributed by atoms with Crippen LogP contribution in [-0.4, -0.2) is 25.9 Å². The fourth-order valence-electron chi connectivity index (χ4n) is 3.01. The Hall–Kier alpha value is -1.06. The highest BCUT2D eigenvalue weighted by Crippen LogP contribution is 2.26. The summed E-state index contributed by atoms with van der Waals surface area (Å²) in [5.41, 5.74) is 2.72. The van der Waals surface area contributed by atoms with Crippen molar-refractivity contribution >= 4 is 0 Å². The lowest BCUT2D eigenvalue weighted by atomic mass is 9.93. The van der Waals surface area contributed by atoms with E-state index in [1.54, 1.807) is 0 Å². The molecule has 19 heavy (non-hydrogen) atoms. The monoisotopic (exact) mass is 261 g/mol. The molecule has 3 rings (SSSR count). The number of nitrogens with one attached hydrogen (secondary N) is 1. The quantitative estimate of drug-likeness (QED) is 0.903. The highest BCUT2D eigenvalue weighted by Gasteiger charge is 2.20. The van der Waals surface area contributed by atoms with Gasteiger partial charge in [0.05, 0.1) is 6.61 Å². The van der Waals surface area contributed by atoms with Gasteiger partial charge in [-0.25, -0.2) is 0 Å². The van der Waals surface area contributed by atoms with Gasteiger partial charge in [-0.3, -0.25) is 0 Å². The minimum atomic E-state index is 0.563. The minimum Gasteiger partial charge on any atom is -0.493 e. The SMILES string of the molecule is CC(NCc1ccc2c(c1)CCO2)C1CCOCC1. The van der Waals surface area contributed by atoms with Crippen molar-refractivity contribution in [3.05, 3.63) is 29.3 Å². The van der Waals surface area contributed by atoms with E-state index in [1.165, 1.54) is 24.0 Å². The number of hydrogen-bond donors (Lipinski definition) is 1. The molecule has 0 amide bonds. The molecule has 104 valence electrons. The molecule has 3 heteroatoms. The zero-order valence-corrected chi connectivity index (χ0v) is 11.7. The molecule has 0 radical (unpaired) electrons. The third-order valence-electron chi connectivity index (χ3n) is 4.36. The number of ether oxygens (including phenoxy) is 2. The first kappa shape index (κ1) is 12.9. The Labute approximate surface area is 115 Å². The van der Waals surface area contributed by atoms with E-state index >= 15 is 0 Å². The first-order valence-electron chi connectivity index (χ1n) is 7.38. The van der Waals surface area contributed by atoms with E-state index < -0.39 is 0 Å². The van der Waals surface area contributed by atoms with Crippen LogP contribution in [0, 0.1) is 5.92 Å². The fourth-order valence-corrected chi connectivity index (χ4v) is 3.01. The summed E-state index contributed by atoms with van der Waals surface area (Å²) in [7, 11) is 0. The van der Waals surface area contributed by atoms with Crippen molar-refractivity contribution in [3.63, 3.8) is 0 Å². The predicted molar refractivity (Wildman–Crippen MR) is 75.5 cm³/mol. The fraction of sp³-hybridized carbons (Fsp3) is 0.625. The molecule has 1 aromatic rings. The summed E-state index contributed by atoms with van der Waals surface area (Å²) < 4.78 is 11.0. The van der Waals surface area contributed by atoms with Gasteiger partial charge in [0.1, 0.15) is 5.75 Å². The number of rotatable bonds is 4. The van der Waals surface area contributed by atoms with Crippen molar-refractivity contribution in [2.45, 2.75) is 38.8 Å². The molecule has 0 bridgehead atoms. The van der Waals surface area contributed by atoms with Crippen molar-refractivity contribution < 1.29 is 9.47 Å². The van der Waals surface area contributed by atoms with Crippen LogP contribution < -0.4 is 10.1 Å². The Morgan fingerprint density at radius 1 is 1.26 bits per heavy atom. The van der Waals surface area contributed by atoms with E-state index in [1.807, 2.05) is 0 Å². The summed E-state index contributed by atoms with van der Waals surface area (Å²) in [6.07, 6.45) is 3.43. The molecule has 1 aromatic carbocycles. The average Bonchev–Trinajstić information content (AvgIpc) is 2.93. The molecule has 2 aliphatic rings. The molecule has 0 spiro atoms. The molecule has 2 aliphatic heterocycles. The third kappa shape index (κ3) is 3.10. The number of benzene rings is 1. The van der Waals surface area contributed by atoms with Crippen molar-refractivity contribution in [3.8, 4) is 5.75 Å². The van der Waals surface area contributed by atoms with Crippen LogP contribution in [0.5, 0.6) is 5.75 Å². The minimum absolute atomic E-state index is 0.563. The largest absolute Gasteiger partial charge is 0.493 e. The molecule has 2 heterocycles. The van der Waals surface area contributed by atoms with Gasteiger partial charge >= 0.3 is 0 Å². The number of fused-ring (bicyclic) bond motifs is 1. The summed E-state index contributed by atoms with van der Waals surface area (Å²) in [4.78, 5) is 0. The van der Waals surface area contributed by atoms with E-state index in [4.69, 9.17) is 9.47 Å². The number of hydrogen-bond acceptors (Lipinski definition) is 3. The van der Waals surface area contributed by atoms with Gasteiger partial charge < -0.3 is 14.8 Å². The third-order valence-corrected chi connectivity index (χ3v) is 4.36. The topological polar surface area (TPSA) is 30.5 Å². The van der Waals surface area contributed by atoms with E-state index in [2.05, 4.69) is 30.4 Å². The lowest BCUT2D eigenvalue weighted by Crippen LogP contribution is -2.36. The maximum absolute atomic E-state index is 5.54. The predicted octanol–water partition coefficient (Wildman–Crippen LogP) is 2.53. The van der Waals surface area contributed by atoms with E-state index in [-0.39, 0.29) is 0 Å². The Bertz CT molecular complexity index is 427. The molecule has 3 nitrogen and oxygen atoms in total.